The Morgan fingerprint density at radius 2 is 1.84 bits per heavy atom. The van der Waals surface area contributed by atoms with E-state index in [1.807, 2.05) is 25.1 Å². The van der Waals surface area contributed by atoms with Gasteiger partial charge >= 0.3 is 5.97 Å². The highest BCUT2D eigenvalue weighted by atomic mass is 32.2. The number of amides is 2. The third kappa shape index (κ3) is 7.07. The number of carbonyl (C=O) groups excluding carboxylic acids is 3. The molecule has 4 rings (SSSR count). The minimum atomic E-state index is -0.664. The van der Waals surface area contributed by atoms with Crippen molar-refractivity contribution >= 4 is 46.1 Å². The molecule has 38 heavy (non-hydrogen) atoms. The number of amidine groups is 1. The highest BCUT2D eigenvalue weighted by Crippen LogP contribution is 2.30. The number of halogens is 1. The Morgan fingerprint density at radius 3 is 2.53 bits per heavy atom. The number of aryl methyl sites for hydroxylation is 1. The molecule has 0 saturated carbocycles. The first-order valence-corrected chi connectivity index (χ1v) is 13.1. The molecule has 1 aliphatic rings. The molecule has 9 heteroatoms. The van der Waals surface area contributed by atoms with Crippen molar-refractivity contribution in [3.05, 3.63) is 95.3 Å². The second-order valence-electron chi connectivity index (χ2n) is 8.75. The molecule has 2 amide bonds. The summed E-state index contributed by atoms with van der Waals surface area (Å²) in [5.41, 5.74) is 3.47. The van der Waals surface area contributed by atoms with Gasteiger partial charge in [-0.25, -0.2) is 14.2 Å². The zero-order chi connectivity index (χ0) is 27.1. The molecule has 0 spiro atoms. The van der Waals surface area contributed by atoms with Crippen molar-refractivity contribution in [1.29, 1.82) is 0 Å². The van der Waals surface area contributed by atoms with Crippen molar-refractivity contribution in [2.24, 2.45) is 4.99 Å². The van der Waals surface area contributed by atoms with E-state index in [0.29, 0.717) is 35.1 Å². The van der Waals surface area contributed by atoms with Crippen LogP contribution in [0.5, 0.6) is 0 Å². The van der Waals surface area contributed by atoms with Gasteiger partial charge in [-0.3, -0.25) is 14.5 Å². The molecule has 3 aromatic rings. The van der Waals surface area contributed by atoms with Crippen molar-refractivity contribution < 1.29 is 23.5 Å². The summed E-state index contributed by atoms with van der Waals surface area (Å²) in [6, 6.07) is 20.1. The summed E-state index contributed by atoms with van der Waals surface area (Å²) in [7, 11) is 0. The summed E-state index contributed by atoms with van der Waals surface area (Å²) in [5.74, 6) is -1.26. The maximum Gasteiger partial charge on any atom is 0.338 e. The fraction of sp³-hybridized carbons (Fsp3) is 0.241. The van der Waals surface area contributed by atoms with E-state index in [0.717, 1.165) is 11.1 Å². The van der Waals surface area contributed by atoms with Crippen LogP contribution in [0.1, 0.15) is 34.8 Å². The van der Waals surface area contributed by atoms with Crippen LogP contribution in [0.3, 0.4) is 0 Å². The highest BCUT2D eigenvalue weighted by Gasteiger charge is 2.35. The topological polar surface area (TPSA) is 88.1 Å². The van der Waals surface area contributed by atoms with E-state index in [2.05, 4.69) is 10.3 Å². The number of nitrogens with one attached hydrogen (secondary N) is 1. The Labute approximate surface area is 225 Å². The number of carbonyl (C=O) groups is 3. The van der Waals surface area contributed by atoms with Gasteiger partial charge in [0.25, 0.3) is 0 Å². The Morgan fingerprint density at radius 1 is 1.11 bits per heavy atom. The minimum Gasteiger partial charge on any atom is -0.462 e. The predicted molar refractivity (Wildman–Crippen MR) is 147 cm³/mol. The Kier molecular flexibility index (Phi) is 8.91. The highest BCUT2D eigenvalue weighted by molar-refractivity contribution is 8.15. The first-order valence-electron chi connectivity index (χ1n) is 12.3. The number of benzene rings is 3. The first-order chi connectivity index (χ1) is 18.3. The SMILES string of the molecule is CCOC(=O)c1ccc(N=C2S[C@@H](C(=O)Nc3cccc(C)c3)CC(=O)N2CCc2ccc(F)cc2)cc1. The van der Waals surface area contributed by atoms with E-state index in [-0.39, 0.29) is 30.7 Å². The number of esters is 1. The molecular weight excluding hydrogens is 505 g/mol. The van der Waals surface area contributed by atoms with Gasteiger partial charge in [0.05, 0.1) is 17.9 Å². The van der Waals surface area contributed by atoms with Crippen LogP contribution in [0.25, 0.3) is 0 Å². The number of ether oxygens (including phenoxy) is 1. The van der Waals surface area contributed by atoms with Crippen LogP contribution in [0.15, 0.2) is 77.8 Å². The van der Waals surface area contributed by atoms with Crippen LogP contribution < -0.4 is 5.32 Å². The van der Waals surface area contributed by atoms with Crippen molar-refractivity contribution in [1.82, 2.24) is 4.90 Å². The summed E-state index contributed by atoms with van der Waals surface area (Å²) >= 11 is 1.22. The fourth-order valence-corrected chi connectivity index (χ4v) is 5.02. The molecule has 1 N–H and O–H groups in total. The molecular formula is C29H28FN3O4S. The molecule has 1 aliphatic heterocycles. The lowest BCUT2D eigenvalue weighted by Gasteiger charge is -2.32. The standard InChI is InChI=1S/C29H28FN3O4S/c1-3-37-28(36)21-9-13-23(14-10-21)32-29-33(16-15-20-7-11-22(30)12-8-20)26(34)18-25(38-29)27(35)31-24-6-4-5-19(2)17-24/h4-14,17,25H,3,15-16,18H2,1-2H3,(H,31,35)/t25-/m1/s1. The smallest absolute Gasteiger partial charge is 0.338 e. The zero-order valence-corrected chi connectivity index (χ0v) is 22.0. The number of anilines is 1. The maximum absolute atomic E-state index is 13.3. The van der Waals surface area contributed by atoms with Gasteiger partial charge in [-0.05, 0) is 79.9 Å². The van der Waals surface area contributed by atoms with Crippen LogP contribution in [-0.4, -0.2) is 46.3 Å². The molecule has 0 unspecified atom stereocenters. The van der Waals surface area contributed by atoms with E-state index in [1.165, 1.54) is 23.9 Å². The lowest BCUT2D eigenvalue weighted by Crippen LogP contribution is -2.46. The van der Waals surface area contributed by atoms with Gasteiger partial charge < -0.3 is 10.1 Å². The van der Waals surface area contributed by atoms with Crippen molar-refractivity contribution in [3.63, 3.8) is 0 Å². The lowest BCUT2D eigenvalue weighted by molar-refractivity contribution is -0.129. The summed E-state index contributed by atoms with van der Waals surface area (Å²) in [5, 5.41) is 2.62. The van der Waals surface area contributed by atoms with Crippen LogP contribution >= 0.6 is 11.8 Å². The second kappa shape index (κ2) is 12.5. The summed E-state index contributed by atoms with van der Waals surface area (Å²) < 4.78 is 18.3. The van der Waals surface area contributed by atoms with Crippen molar-refractivity contribution in [3.8, 4) is 0 Å². The quantitative estimate of drug-likeness (QED) is 0.386. The molecule has 0 bridgehead atoms. The summed E-state index contributed by atoms with van der Waals surface area (Å²) in [4.78, 5) is 44.5. The number of aliphatic imine (C=N–C) groups is 1. The number of thioether (sulfide) groups is 1. The van der Waals surface area contributed by atoms with Gasteiger partial charge in [-0.1, -0.05) is 36.0 Å². The van der Waals surface area contributed by atoms with Crippen molar-refractivity contribution in [2.75, 3.05) is 18.5 Å². The van der Waals surface area contributed by atoms with Gasteiger partial charge in [-0.2, -0.15) is 0 Å². The molecule has 1 saturated heterocycles. The Bertz CT molecular complexity index is 1340. The average molecular weight is 534 g/mol. The third-order valence-electron chi connectivity index (χ3n) is 5.86. The van der Waals surface area contributed by atoms with Gasteiger partial charge in [0.15, 0.2) is 5.17 Å². The lowest BCUT2D eigenvalue weighted by atomic mass is 10.1. The second-order valence-corrected chi connectivity index (χ2v) is 9.92. The monoisotopic (exact) mass is 533 g/mol. The molecule has 1 heterocycles. The third-order valence-corrected chi connectivity index (χ3v) is 7.05. The van der Waals surface area contributed by atoms with Crippen LogP contribution in [0.4, 0.5) is 15.8 Å². The van der Waals surface area contributed by atoms with E-state index in [1.54, 1.807) is 54.3 Å². The zero-order valence-electron chi connectivity index (χ0n) is 21.1. The molecule has 0 aliphatic carbocycles. The van der Waals surface area contributed by atoms with Crippen molar-refractivity contribution in [2.45, 2.75) is 31.9 Å². The van der Waals surface area contributed by atoms with Crippen LogP contribution in [-0.2, 0) is 20.7 Å². The van der Waals surface area contributed by atoms with E-state index in [9.17, 15) is 18.8 Å². The van der Waals surface area contributed by atoms with Gasteiger partial charge in [0.1, 0.15) is 11.1 Å². The first kappa shape index (κ1) is 27.1. The fourth-order valence-electron chi connectivity index (χ4n) is 3.90. The van der Waals surface area contributed by atoms with Gasteiger partial charge in [-0.15, -0.1) is 0 Å². The molecule has 1 atom stereocenters. The largest absolute Gasteiger partial charge is 0.462 e. The Balaban J connectivity index is 1.56. The van der Waals surface area contributed by atoms with Gasteiger partial charge in [0, 0.05) is 18.7 Å². The van der Waals surface area contributed by atoms with Crippen LogP contribution in [0, 0.1) is 12.7 Å². The molecule has 1 fully saturated rings. The molecule has 196 valence electrons. The number of nitrogens with zero attached hydrogens (tertiary/aromatic N) is 2. The maximum atomic E-state index is 13.3. The summed E-state index contributed by atoms with van der Waals surface area (Å²) in [6.07, 6.45) is 0.514. The van der Waals surface area contributed by atoms with E-state index < -0.39 is 11.2 Å². The Hall–Kier alpha value is -3.98. The van der Waals surface area contributed by atoms with E-state index in [4.69, 9.17) is 4.74 Å². The normalized spacial score (nSPS) is 16.4. The molecule has 3 aromatic carbocycles. The van der Waals surface area contributed by atoms with E-state index >= 15 is 0 Å². The molecule has 7 nitrogen and oxygen atoms in total. The summed E-state index contributed by atoms with van der Waals surface area (Å²) in [6.45, 7) is 4.27. The minimum absolute atomic E-state index is 0.0204. The average Bonchev–Trinajstić information content (AvgIpc) is 2.89. The van der Waals surface area contributed by atoms with Gasteiger partial charge in [0.2, 0.25) is 11.8 Å². The number of hydrogen-bond donors (Lipinski definition) is 1. The molecule has 0 aromatic heterocycles. The molecule has 0 radical (unpaired) electrons. The van der Waals surface area contributed by atoms with Crippen LogP contribution in [0.2, 0.25) is 0 Å². The number of rotatable bonds is 8. The predicted octanol–water partition coefficient (Wildman–Crippen LogP) is 5.51. The number of hydrogen-bond acceptors (Lipinski definition) is 6.